The molecule has 0 amide bonds. The highest BCUT2D eigenvalue weighted by molar-refractivity contribution is 7.87. The van der Waals surface area contributed by atoms with Gasteiger partial charge in [-0.1, -0.05) is 37.6 Å². The van der Waals surface area contributed by atoms with E-state index in [4.69, 9.17) is 16.5 Å². The van der Waals surface area contributed by atoms with E-state index in [9.17, 15) is 13.0 Å². The molecule has 0 aliphatic heterocycles. The van der Waals surface area contributed by atoms with Crippen molar-refractivity contribution in [3.05, 3.63) is 28.8 Å². The van der Waals surface area contributed by atoms with Gasteiger partial charge in [-0.3, -0.25) is 9.09 Å². The summed E-state index contributed by atoms with van der Waals surface area (Å²) in [4.78, 5) is 8.29. The Morgan fingerprint density at radius 3 is 2.58 bits per heavy atom. The van der Waals surface area contributed by atoms with Crippen LogP contribution in [0, 0.1) is 0 Å². The Labute approximate surface area is 117 Å². The zero-order valence-corrected chi connectivity index (χ0v) is 12.9. The van der Waals surface area contributed by atoms with E-state index in [-0.39, 0.29) is 15.8 Å². The largest absolute Gasteiger partial charge is 0.326 e. The third-order valence-corrected chi connectivity index (χ3v) is 4.41. The number of benzene rings is 1. The fraction of sp³-hybridized carbons (Fsp3) is 0.400. The van der Waals surface area contributed by atoms with Gasteiger partial charge in [0.15, 0.2) is 6.79 Å². The number of hydrogen-bond acceptors (Lipinski definition) is 5. The van der Waals surface area contributed by atoms with Crippen LogP contribution in [0.4, 0.5) is 0 Å². The third kappa shape index (κ3) is 4.56. The summed E-state index contributed by atoms with van der Waals surface area (Å²) in [5, 5.41) is 0.0304. The van der Waals surface area contributed by atoms with Gasteiger partial charge >= 0.3 is 18.4 Å². The van der Waals surface area contributed by atoms with E-state index < -0.39 is 25.2 Å². The summed E-state index contributed by atoms with van der Waals surface area (Å²) in [6, 6.07) is 4.70. The van der Waals surface area contributed by atoms with Gasteiger partial charge in [-0.05, 0) is 17.5 Å². The molecule has 0 saturated heterocycles. The van der Waals surface area contributed by atoms with Gasteiger partial charge in [0, 0.05) is 0 Å². The second-order valence-electron chi connectivity index (χ2n) is 3.91. The molecule has 1 unspecified atom stereocenters. The molecule has 0 heterocycles. The number of rotatable bonds is 6. The highest BCUT2D eigenvalue weighted by Crippen LogP contribution is 2.31. The zero-order valence-electron chi connectivity index (χ0n) is 10.3. The van der Waals surface area contributed by atoms with E-state index in [0.29, 0.717) is 5.56 Å². The lowest BCUT2D eigenvalue weighted by Gasteiger charge is -2.14. The van der Waals surface area contributed by atoms with Crippen molar-refractivity contribution in [1.29, 1.82) is 0 Å². The van der Waals surface area contributed by atoms with E-state index in [1.807, 2.05) is 13.8 Å². The molecular formula is C10H14ClO6PS. The summed E-state index contributed by atoms with van der Waals surface area (Å²) in [6.45, 7) is 2.79. The van der Waals surface area contributed by atoms with E-state index in [2.05, 4.69) is 8.71 Å². The summed E-state index contributed by atoms with van der Waals surface area (Å²) >= 11 is 5.89. The monoisotopic (exact) mass is 328 g/mol. The maximum Gasteiger partial charge on any atom is 0.318 e. The topological polar surface area (TPSA) is 89.9 Å². The van der Waals surface area contributed by atoms with Crippen LogP contribution in [0.1, 0.15) is 25.3 Å². The van der Waals surface area contributed by atoms with Crippen molar-refractivity contribution in [2.24, 2.45) is 0 Å². The van der Waals surface area contributed by atoms with Crippen molar-refractivity contribution in [3.63, 3.8) is 0 Å². The quantitative estimate of drug-likeness (QED) is 0.490. The molecule has 9 heteroatoms. The molecule has 0 radical (unpaired) electrons. The Kier molecular flexibility index (Phi) is 5.98. The molecular weight excluding hydrogens is 315 g/mol. The molecule has 0 bridgehead atoms. The summed E-state index contributed by atoms with van der Waals surface area (Å²) in [6.07, 6.45) is 0. The summed E-state index contributed by atoms with van der Waals surface area (Å²) in [5.41, 5.74) is 0.504. The lowest BCUT2D eigenvalue weighted by Crippen LogP contribution is -2.12. The minimum Gasteiger partial charge on any atom is -0.326 e. The third-order valence-electron chi connectivity index (χ3n) is 2.26. The van der Waals surface area contributed by atoms with Crippen molar-refractivity contribution in [3.8, 4) is 0 Å². The molecule has 1 aromatic rings. The highest BCUT2D eigenvalue weighted by atomic mass is 35.5. The minimum atomic E-state index is -4.15. The van der Waals surface area contributed by atoms with E-state index in [1.165, 1.54) is 6.07 Å². The fourth-order valence-corrected chi connectivity index (χ4v) is 3.34. The number of hydrogen-bond donors (Lipinski definition) is 1. The molecule has 0 spiro atoms. The van der Waals surface area contributed by atoms with Gasteiger partial charge < -0.3 is 4.89 Å². The lowest BCUT2D eigenvalue weighted by atomic mass is 10.0. The SMILES string of the molecule is CC(C)c1cccc(Cl)c1S(=O)(=O)OCO[PH](=O)O. The summed E-state index contributed by atoms with van der Waals surface area (Å²) < 4.78 is 43.1. The Hall–Kier alpha value is -0.430. The second kappa shape index (κ2) is 6.83. The van der Waals surface area contributed by atoms with Crippen molar-refractivity contribution >= 4 is 30.0 Å². The Morgan fingerprint density at radius 2 is 2.05 bits per heavy atom. The van der Waals surface area contributed by atoms with Crippen LogP contribution in [-0.4, -0.2) is 20.1 Å². The maximum atomic E-state index is 12.0. The van der Waals surface area contributed by atoms with Gasteiger partial charge in [-0.15, -0.1) is 0 Å². The average molecular weight is 329 g/mol. The van der Waals surface area contributed by atoms with Gasteiger partial charge in [0.1, 0.15) is 4.90 Å². The Balaban J connectivity index is 3.10. The second-order valence-corrected chi connectivity index (χ2v) is 6.69. The van der Waals surface area contributed by atoms with Gasteiger partial charge in [-0.2, -0.15) is 8.42 Å². The predicted octanol–water partition coefficient (Wildman–Crippen LogP) is 2.52. The molecule has 1 aromatic carbocycles. The van der Waals surface area contributed by atoms with Gasteiger partial charge in [0.25, 0.3) is 0 Å². The summed E-state index contributed by atoms with van der Waals surface area (Å²) in [7, 11) is -7.40. The van der Waals surface area contributed by atoms with Crippen molar-refractivity contribution in [2.75, 3.05) is 6.79 Å². The van der Waals surface area contributed by atoms with Gasteiger partial charge in [0.2, 0.25) is 0 Å². The van der Waals surface area contributed by atoms with Crippen LogP contribution < -0.4 is 0 Å². The van der Waals surface area contributed by atoms with Gasteiger partial charge in [-0.25, -0.2) is 4.18 Å². The standard InChI is InChI=1S/C10H14ClO6PS/c1-7(2)8-4-3-5-9(11)10(8)19(14,15)17-6-16-18(12)13/h3-5,7,18H,6H2,1-2H3,(H,12,13). The Bertz CT molecular complexity index is 571. The van der Waals surface area contributed by atoms with Crippen molar-refractivity contribution in [1.82, 2.24) is 0 Å². The zero-order chi connectivity index (χ0) is 14.6. The van der Waals surface area contributed by atoms with Crippen molar-refractivity contribution < 1.29 is 26.6 Å². The minimum absolute atomic E-state index is 0.0304. The normalized spacial score (nSPS) is 13.7. The first kappa shape index (κ1) is 16.6. The van der Waals surface area contributed by atoms with Gasteiger partial charge in [0.05, 0.1) is 5.02 Å². The van der Waals surface area contributed by atoms with Crippen LogP contribution >= 0.6 is 19.9 Å². The molecule has 0 aliphatic rings. The molecule has 0 aliphatic carbocycles. The predicted molar refractivity (Wildman–Crippen MR) is 71.0 cm³/mol. The average Bonchev–Trinajstić information content (AvgIpc) is 2.27. The van der Waals surface area contributed by atoms with Crippen molar-refractivity contribution in [2.45, 2.75) is 24.7 Å². The fourth-order valence-electron chi connectivity index (χ4n) is 1.44. The first-order valence-corrected chi connectivity index (χ1v) is 8.34. The summed E-state index contributed by atoms with van der Waals surface area (Å²) in [5.74, 6) is -0.0787. The van der Waals surface area contributed by atoms with E-state index in [1.54, 1.807) is 12.1 Å². The molecule has 1 N–H and O–H groups in total. The molecule has 1 rings (SSSR count). The van der Waals surface area contributed by atoms with Crippen LogP contribution in [0.3, 0.4) is 0 Å². The van der Waals surface area contributed by atoms with Crippen LogP contribution in [0.2, 0.25) is 5.02 Å². The van der Waals surface area contributed by atoms with Crippen LogP contribution in [0.15, 0.2) is 23.1 Å². The maximum absolute atomic E-state index is 12.0. The van der Waals surface area contributed by atoms with Crippen LogP contribution in [-0.2, 0) is 23.4 Å². The highest BCUT2D eigenvalue weighted by Gasteiger charge is 2.24. The molecule has 1 atom stereocenters. The molecule has 6 nitrogen and oxygen atoms in total. The smallest absolute Gasteiger partial charge is 0.318 e. The van der Waals surface area contributed by atoms with Crippen LogP contribution in [0.25, 0.3) is 0 Å². The van der Waals surface area contributed by atoms with E-state index >= 15 is 0 Å². The first-order valence-electron chi connectivity index (χ1n) is 5.29. The number of halogens is 1. The Morgan fingerprint density at radius 1 is 1.42 bits per heavy atom. The molecule has 108 valence electrons. The van der Waals surface area contributed by atoms with E-state index in [0.717, 1.165) is 0 Å². The molecule has 19 heavy (non-hydrogen) atoms. The molecule has 0 fully saturated rings. The molecule has 0 aromatic heterocycles. The first-order chi connectivity index (χ1) is 8.75. The van der Waals surface area contributed by atoms with Crippen LogP contribution in [0.5, 0.6) is 0 Å². The molecule has 0 saturated carbocycles. The lowest BCUT2D eigenvalue weighted by molar-refractivity contribution is 0.121.